The van der Waals surface area contributed by atoms with Crippen molar-refractivity contribution < 1.29 is 14.3 Å². The van der Waals surface area contributed by atoms with Crippen molar-refractivity contribution in [2.75, 3.05) is 13.2 Å². The van der Waals surface area contributed by atoms with Crippen LogP contribution < -0.4 is 15.5 Å². The lowest BCUT2D eigenvalue weighted by atomic mass is 9.97. The highest BCUT2D eigenvalue weighted by molar-refractivity contribution is 6.32. The van der Waals surface area contributed by atoms with Crippen molar-refractivity contribution in [3.05, 3.63) is 24.3 Å². The molecule has 0 aromatic heterocycles. The molecule has 1 rings (SSSR count). The maximum Gasteiger partial charge on any atom is 0.407 e. The highest BCUT2D eigenvalue weighted by Crippen LogP contribution is 2.07. The van der Waals surface area contributed by atoms with Gasteiger partial charge < -0.3 is 14.8 Å². The maximum atomic E-state index is 11.3. The second-order valence-electron chi connectivity index (χ2n) is 5.20. The van der Waals surface area contributed by atoms with Gasteiger partial charge in [0.15, 0.2) is 0 Å². The molecule has 0 saturated carbocycles. The summed E-state index contributed by atoms with van der Waals surface area (Å²) < 4.78 is 10.6. The van der Waals surface area contributed by atoms with Gasteiger partial charge in [0, 0.05) is 6.54 Å². The lowest BCUT2D eigenvalue weighted by Crippen LogP contribution is -2.33. The number of ether oxygens (including phenoxy) is 2. The van der Waals surface area contributed by atoms with Gasteiger partial charge in [-0.3, -0.25) is 0 Å². The summed E-state index contributed by atoms with van der Waals surface area (Å²) in [6.45, 7) is 6.54. The fourth-order valence-corrected chi connectivity index (χ4v) is 1.33. The first-order valence-corrected chi connectivity index (χ1v) is 6.32. The van der Waals surface area contributed by atoms with Crippen molar-refractivity contribution in [2.24, 2.45) is 0 Å². The van der Waals surface area contributed by atoms with E-state index in [2.05, 4.69) is 5.32 Å². The monoisotopic (exact) mass is 261 g/mol. The third-order valence-electron chi connectivity index (χ3n) is 2.14. The highest BCUT2D eigenvalue weighted by atomic mass is 16.6. The molecule has 19 heavy (non-hydrogen) atoms. The Bertz CT molecular complexity index is 398. The normalized spacial score (nSPS) is 10.9. The largest absolute Gasteiger partial charge is 0.494 e. The van der Waals surface area contributed by atoms with E-state index < -0.39 is 11.7 Å². The van der Waals surface area contributed by atoms with Crippen LogP contribution in [0.5, 0.6) is 5.75 Å². The molecule has 1 N–H and O–H groups in total. The molecule has 0 atom stereocenters. The van der Waals surface area contributed by atoms with E-state index >= 15 is 0 Å². The van der Waals surface area contributed by atoms with Crippen LogP contribution in [-0.2, 0) is 4.74 Å². The molecule has 0 fully saturated rings. The Kier molecular flexibility index (Phi) is 5.73. The lowest BCUT2D eigenvalue weighted by Gasteiger charge is -2.19. The van der Waals surface area contributed by atoms with E-state index in [1.165, 1.54) is 0 Å². The lowest BCUT2D eigenvalue weighted by molar-refractivity contribution is 0.0525. The molecule has 0 saturated heterocycles. The molecule has 0 aliphatic heterocycles. The summed E-state index contributed by atoms with van der Waals surface area (Å²) in [5.41, 5.74) is 0.240. The van der Waals surface area contributed by atoms with Crippen LogP contribution in [-0.4, -0.2) is 32.7 Å². The number of amides is 1. The number of hydrogen-bond donors (Lipinski definition) is 1. The summed E-state index contributed by atoms with van der Waals surface area (Å²) >= 11 is 0. The Morgan fingerprint density at radius 1 is 1.26 bits per heavy atom. The molecule has 4 nitrogen and oxygen atoms in total. The topological polar surface area (TPSA) is 47.6 Å². The van der Waals surface area contributed by atoms with E-state index in [9.17, 15) is 4.79 Å². The van der Waals surface area contributed by atoms with Gasteiger partial charge in [-0.1, -0.05) is 17.6 Å². The standard InChI is InChI=1S/C14H20BNO3/c1-14(2,3)19-13(17)16-9-4-10-18-12-7-5-11(15)6-8-12/h5-8H,4,9-10H2,1-3H3,(H,16,17). The van der Waals surface area contributed by atoms with Gasteiger partial charge in [-0.05, 0) is 39.3 Å². The van der Waals surface area contributed by atoms with Crippen molar-refractivity contribution in [3.63, 3.8) is 0 Å². The molecule has 0 unspecified atom stereocenters. The smallest absolute Gasteiger partial charge is 0.407 e. The van der Waals surface area contributed by atoms with Crippen LogP contribution in [0.1, 0.15) is 27.2 Å². The predicted molar refractivity (Wildman–Crippen MR) is 76.2 cm³/mol. The van der Waals surface area contributed by atoms with E-state index in [4.69, 9.17) is 17.3 Å². The fraction of sp³-hybridized carbons (Fsp3) is 0.500. The number of nitrogens with one attached hydrogen (secondary N) is 1. The molecular weight excluding hydrogens is 241 g/mol. The second-order valence-corrected chi connectivity index (χ2v) is 5.20. The Balaban J connectivity index is 2.11. The van der Waals surface area contributed by atoms with Crippen LogP contribution in [0.4, 0.5) is 4.79 Å². The zero-order chi connectivity index (χ0) is 14.3. The van der Waals surface area contributed by atoms with Crippen LogP contribution in [0.3, 0.4) is 0 Å². The summed E-state index contributed by atoms with van der Waals surface area (Å²) in [6.07, 6.45) is 0.309. The van der Waals surface area contributed by atoms with Gasteiger partial charge in [0.2, 0.25) is 0 Å². The highest BCUT2D eigenvalue weighted by Gasteiger charge is 2.15. The molecule has 1 amide bonds. The first-order chi connectivity index (χ1) is 8.87. The zero-order valence-electron chi connectivity index (χ0n) is 11.7. The Hall–Kier alpha value is -1.65. The molecular formula is C14H20BNO3. The Morgan fingerprint density at radius 3 is 2.47 bits per heavy atom. The minimum Gasteiger partial charge on any atom is -0.494 e. The van der Waals surface area contributed by atoms with Gasteiger partial charge in [0.25, 0.3) is 0 Å². The number of alkyl carbamates (subject to hydrolysis) is 1. The molecule has 0 spiro atoms. The third-order valence-corrected chi connectivity index (χ3v) is 2.14. The van der Waals surface area contributed by atoms with Crippen molar-refractivity contribution in [2.45, 2.75) is 32.8 Å². The van der Waals surface area contributed by atoms with Gasteiger partial charge in [0.05, 0.1) is 6.61 Å². The average molecular weight is 261 g/mol. The predicted octanol–water partition coefficient (Wildman–Crippen LogP) is 1.77. The van der Waals surface area contributed by atoms with E-state index in [-0.39, 0.29) is 0 Å². The first-order valence-electron chi connectivity index (χ1n) is 6.32. The minimum atomic E-state index is -0.468. The SMILES string of the molecule is [B]c1ccc(OCCCNC(=O)OC(C)(C)C)cc1. The van der Waals surface area contributed by atoms with Crippen LogP contribution in [0, 0.1) is 0 Å². The van der Waals surface area contributed by atoms with Gasteiger partial charge >= 0.3 is 6.09 Å². The van der Waals surface area contributed by atoms with Crippen LogP contribution >= 0.6 is 0 Å². The second kappa shape index (κ2) is 7.07. The summed E-state index contributed by atoms with van der Waals surface area (Å²) in [5.74, 6) is 0.770. The molecule has 0 aliphatic rings. The quantitative estimate of drug-likeness (QED) is 0.649. The number of carbonyl (C=O) groups excluding carboxylic acids is 1. The molecule has 1 aromatic carbocycles. The summed E-state index contributed by atoms with van der Waals surface area (Å²) in [7, 11) is 5.57. The first kappa shape index (κ1) is 15.4. The van der Waals surface area contributed by atoms with Crippen molar-refractivity contribution in [1.82, 2.24) is 5.32 Å². The van der Waals surface area contributed by atoms with Gasteiger partial charge in [-0.25, -0.2) is 4.79 Å². The van der Waals surface area contributed by atoms with Crippen molar-refractivity contribution in [3.8, 4) is 5.75 Å². The van der Waals surface area contributed by atoms with Crippen molar-refractivity contribution in [1.29, 1.82) is 0 Å². The molecule has 102 valence electrons. The fourth-order valence-electron chi connectivity index (χ4n) is 1.33. The van der Waals surface area contributed by atoms with Crippen molar-refractivity contribution >= 4 is 19.4 Å². The van der Waals surface area contributed by atoms with Crippen LogP contribution in [0.25, 0.3) is 0 Å². The van der Waals surface area contributed by atoms with Gasteiger partial charge in [-0.15, -0.1) is 0 Å². The van der Waals surface area contributed by atoms with Gasteiger partial charge in [0.1, 0.15) is 19.2 Å². The van der Waals surface area contributed by atoms with Crippen LogP contribution in [0.2, 0.25) is 0 Å². The summed E-state index contributed by atoms with van der Waals surface area (Å²) in [4.78, 5) is 11.3. The molecule has 0 heterocycles. The molecule has 0 aliphatic carbocycles. The molecule has 5 heteroatoms. The summed E-state index contributed by atoms with van der Waals surface area (Å²) in [6, 6.07) is 7.20. The van der Waals surface area contributed by atoms with Gasteiger partial charge in [-0.2, -0.15) is 0 Å². The number of hydrogen-bond acceptors (Lipinski definition) is 3. The number of carbonyl (C=O) groups is 1. The Labute approximate surface area is 115 Å². The van der Waals surface area contributed by atoms with E-state index in [1.54, 1.807) is 12.1 Å². The number of benzene rings is 1. The van der Waals surface area contributed by atoms with E-state index in [0.29, 0.717) is 25.0 Å². The molecule has 1 aromatic rings. The van der Waals surface area contributed by atoms with Crippen LogP contribution in [0.15, 0.2) is 24.3 Å². The average Bonchev–Trinajstić information content (AvgIpc) is 2.29. The molecule has 2 radical (unpaired) electrons. The number of rotatable bonds is 5. The third kappa shape index (κ3) is 7.39. The molecule has 0 bridgehead atoms. The van der Waals surface area contributed by atoms with E-state index in [0.717, 1.165) is 5.75 Å². The zero-order valence-corrected chi connectivity index (χ0v) is 11.7. The summed E-state index contributed by atoms with van der Waals surface area (Å²) in [5, 5.41) is 2.67. The maximum absolute atomic E-state index is 11.3. The minimum absolute atomic E-state index is 0.403. The Morgan fingerprint density at radius 2 is 1.89 bits per heavy atom. The van der Waals surface area contributed by atoms with E-state index in [1.807, 2.05) is 32.9 Å².